The van der Waals surface area contributed by atoms with Gasteiger partial charge in [-0.3, -0.25) is 0 Å². The maximum atomic E-state index is 5.63. The average Bonchev–Trinajstić information content (AvgIpc) is 2.67. The molecule has 0 aliphatic carbocycles. The van der Waals surface area contributed by atoms with Gasteiger partial charge in [-0.2, -0.15) is 0 Å². The van der Waals surface area contributed by atoms with Gasteiger partial charge in [-0.25, -0.2) is 0 Å². The molecule has 16 heavy (non-hydrogen) atoms. The second kappa shape index (κ2) is 5.01. The maximum absolute atomic E-state index is 5.63. The van der Waals surface area contributed by atoms with Crippen molar-refractivity contribution in [3.63, 3.8) is 0 Å². The molecule has 1 saturated heterocycles. The highest BCUT2D eigenvalue weighted by atomic mass is 35.5. The number of likely N-dealkylation sites (N-methyl/N-ethyl adjacent to an activating group) is 1. The molecule has 0 spiro atoms. The minimum atomic E-state index is 0.406. The molecule has 1 unspecified atom stereocenters. The number of hydrogen-bond acceptors (Lipinski definition) is 5. The van der Waals surface area contributed by atoms with Crippen LogP contribution in [0.15, 0.2) is 4.42 Å². The van der Waals surface area contributed by atoms with Crippen molar-refractivity contribution in [2.24, 2.45) is 0 Å². The average molecular weight is 245 g/mol. The number of halogens is 1. The first kappa shape index (κ1) is 11.7. The molecular formula is C10H17ClN4O. The molecule has 0 saturated carbocycles. The smallest absolute Gasteiger partial charge is 0.318 e. The molecular weight excluding hydrogens is 228 g/mol. The van der Waals surface area contributed by atoms with Crippen molar-refractivity contribution >= 4 is 17.6 Å². The topological polar surface area (TPSA) is 45.4 Å². The standard InChI is InChI=1S/C10H17ClN4O/c1-8-7-14(2)5-6-15(8)10-13-12-9(16-10)3-4-11/h8H,3-7H2,1-2H3. The van der Waals surface area contributed by atoms with Crippen LogP contribution in [0.4, 0.5) is 6.01 Å². The Morgan fingerprint density at radius 1 is 1.44 bits per heavy atom. The van der Waals surface area contributed by atoms with E-state index in [-0.39, 0.29) is 0 Å². The molecule has 1 aromatic rings. The summed E-state index contributed by atoms with van der Waals surface area (Å²) in [5.41, 5.74) is 0. The minimum absolute atomic E-state index is 0.406. The Hall–Kier alpha value is -0.810. The molecule has 0 N–H and O–H groups in total. The lowest BCUT2D eigenvalue weighted by atomic mass is 10.2. The number of piperazine rings is 1. The zero-order valence-electron chi connectivity index (χ0n) is 9.69. The molecule has 2 rings (SSSR count). The SMILES string of the molecule is CC1CN(C)CCN1c1nnc(CCCl)o1. The molecule has 2 heterocycles. The summed E-state index contributed by atoms with van der Waals surface area (Å²) in [5.74, 6) is 1.14. The van der Waals surface area contributed by atoms with Crippen LogP contribution in [0.3, 0.4) is 0 Å². The van der Waals surface area contributed by atoms with Crippen LogP contribution in [0.25, 0.3) is 0 Å². The van der Waals surface area contributed by atoms with Gasteiger partial charge in [-0.1, -0.05) is 5.10 Å². The zero-order chi connectivity index (χ0) is 11.5. The lowest BCUT2D eigenvalue weighted by molar-refractivity contribution is 0.266. The van der Waals surface area contributed by atoms with E-state index in [0.29, 0.717) is 30.2 Å². The Bertz CT molecular complexity index is 343. The van der Waals surface area contributed by atoms with Crippen LogP contribution >= 0.6 is 11.6 Å². The monoisotopic (exact) mass is 244 g/mol. The van der Waals surface area contributed by atoms with Crippen LogP contribution in [-0.4, -0.2) is 53.7 Å². The van der Waals surface area contributed by atoms with Crippen molar-refractivity contribution in [2.45, 2.75) is 19.4 Å². The molecule has 0 bridgehead atoms. The van der Waals surface area contributed by atoms with Gasteiger partial charge in [0.2, 0.25) is 5.89 Å². The predicted octanol–water partition coefficient (Wildman–Crippen LogP) is 0.991. The molecule has 0 aromatic carbocycles. The Morgan fingerprint density at radius 2 is 2.25 bits per heavy atom. The fourth-order valence-corrected chi connectivity index (χ4v) is 2.13. The first-order chi connectivity index (χ1) is 7.70. The molecule has 1 aromatic heterocycles. The van der Waals surface area contributed by atoms with Gasteiger partial charge in [-0.05, 0) is 14.0 Å². The number of hydrogen-bond donors (Lipinski definition) is 0. The van der Waals surface area contributed by atoms with Gasteiger partial charge in [0.25, 0.3) is 0 Å². The molecule has 6 heteroatoms. The number of anilines is 1. The molecule has 1 aliphatic rings. The van der Waals surface area contributed by atoms with E-state index >= 15 is 0 Å². The zero-order valence-corrected chi connectivity index (χ0v) is 10.4. The highest BCUT2D eigenvalue weighted by Gasteiger charge is 2.25. The van der Waals surface area contributed by atoms with Gasteiger partial charge < -0.3 is 14.2 Å². The highest BCUT2D eigenvalue weighted by Crippen LogP contribution is 2.18. The van der Waals surface area contributed by atoms with Gasteiger partial charge in [0.15, 0.2) is 0 Å². The van der Waals surface area contributed by atoms with Crippen LogP contribution in [-0.2, 0) is 6.42 Å². The summed E-state index contributed by atoms with van der Waals surface area (Å²) in [6, 6.07) is 1.03. The molecule has 90 valence electrons. The third-order valence-electron chi connectivity index (χ3n) is 2.84. The first-order valence-corrected chi connectivity index (χ1v) is 6.07. The van der Waals surface area contributed by atoms with E-state index in [1.807, 2.05) is 0 Å². The lowest BCUT2D eigenvalue weighted by Gasteiger charge is -2.36. The second-order valence-electron chi connectivity index (χ2n) is 4.22. The molecule has 1 aliphatic heterocycles. The van der Waals surface area contributed by atoms with Gasteiger partial charge >= 0.3 is 6.01 Å². The summed E-state index contributed by atoms with van der Waals surface area (Å²) in [7, 11) is 2.13. The molecule has 1 atom stereocenters. The first-order valence-electron chi connectivity index (χ1n) is 5.54. The van der Waals surface area contributed by atoms with Crippen molar-refractivity contribution in [2.75, 3.05) is 37.5 Å². The van der Waals surface area contributed by atoms with Crippen LogP contribution in [0.1, 0.15) is 12.8 Å². The van der Waals surface area contributed by atoms with Crippen molar-refractivity contribution in [1.82, 2.24) is 15.1 Å². The van der Waals surface area contributed by atoms with Gasteiger partial charge in [0, 0.05) is 38.0 Å². The lowest BCUT2D eigenvalue weighted by Crippen LogP contribution is -2.50. The largest absolute Gasteiger partial charge is 0.408 e. The number of nitrogens with zero attached hydrogens (tertiary/aromatic N) is 4. The van der Waals surface area contributed by atoms with Crippen molar-refractivity contribution < 1.29 is 4.42 Å². The number of aryl methyl sites for hydroxylation is 1. The van der Waals surface area contributed by atoms with Crippen LogP contribution < -0.4 is 4.90 Å². The summed E-state index contributed by atoms with van der Waals surface area (Å²) >= 11 is 5.63. The van der Waals surface area contributed by atoms with Gasteiger partial charge in [-0.15, -0.1) is 16.7 Å². The third-order valence-corrected chi connectivity index (χ3v) is 3.03. The summed E-state index contributed by atoms with van der Waals surface area (Å²) in [4.78, 5) is 4.46. The van der Waals surface area contributed by atoms with E-state index in [2.05, 4.69) is 34.0 Å². The Morgan fingerprint density at radius 3 is 2.94 bits per heavy atom. The fourth-order valence-electron chi connectivity index (χ4n) is 1.97. The van der Waals surface area contributed by atoms with Crippen LogP contribution in [0, 0.1) is 0 Å². The predicted molar refractivity (Wildman–Crippen MR) is 63.0 cm³/mol. The third kappa shape index (κ3) is 2.47. The van der Waals surface area contributed by atoms with Crippen LogP contribution in [0.2, 0.25) is 0 Å². The summed E-state index contributed by atoms with van der Waals surface area (Å²) < 4.78 is 5.57. The van der Waals surface area contributed by atoms with Crippen molar-refractivity contribution in [3.05, 3.63) is 5.89 Å². The maximum Gasteiger partial charge on any atom is 0.318 e. The Labute approximate surface area is 100 Å². The van der Waals surface area contributed by atoms with Gasteiger partial charge in [0.05, 0.1) is 0 Å². The number of aromatic nitrogens is 2. The summed E-state index contributed by atoms with van der Waals surface area (Å²) in [5, 5.41) is 8.04. The Kier molecular flexibility index (Phi) is 3.66. The van der Waals surface area contributed by atoms with E-state index in [1.54, 1.807) is 0 Å². The van der Waals surface area contributed by atoms with Gasteiger partial charge in [0.1, 0.15) is 0 Å². The number of alkyl halides is 1. The fraction of sp³-hybridized carbons (Fsp3) is 0.800. The summed E-state index contributed by atoms with van der Waals surface area (Å²) in [6.07, 6.45) is 0.636. The van der Waals surface area contributed by atoms with E-state index in [1.165, 1.54) is 0 Å². The highest BCUT2D eigenvalue weighted by molar-refractivity contribution is 6.17. The second-order valence-corrected chi connectivity index (χ2v) is 4.60. The van der Waals surface area contributed by atoms with Crippen molar-refractivity contribution in [3.8, 4) is 0 Å². The molecule has 5 nitrogen and oxygen atoms in total. The molecule has 0 radical (unpaired) electrons. The quantitative estimate of drug-likeness (QED) is 0.742. The van der Waals surface area contributed by atoms with E-state index in [4.69, 9.17) is 16.0 Å². The van der Waals surface area contributed by atoms with E-state index in [9.17, 15) is 0 Å². The van der Waals surface area contributed by atoms with E-state index in [0.717, 1.165) is 19.6 Å². The normalized spacial score (nSPS) is 22.7. The number of rotatable bonds is 3. The molecule has 1 fully saturated rings. The molecule has 0 amide bonds. The Balaban J connectivity index is 2.05. The van der Waals surface area contributed by atoms with E-state index < -0.39 is 0 Å². The minimum Gasteiger partial charge on any atom is -0.408 e. The van der Waals surface area contributed by atoms with Crippen LogP contribution in [0.5, 0.6) is 0 Å². The van der Waals surface area contributed by atoms with Crippen molar-refractivity contribution in [1.29, 1.82) is 0 Å². The summed E-state index contributed by atoms with van der Waals surface area (Å²) in [6.45, 7) is 5.14.